The Morgan fingerprint density at radius 3 is 2.67 bits per heavy atom. The van der Waals surface area contributed by atoms with Gasteiger partial charge in [0.1, 0.15) is 0 Å². The summed E-state index contributed by atoms with van der Waals surface area (Å²) in [6, 6.07) is 7.15. The molecule has 1 rings (SSSR count). The van der Waals surface area contributed by atoms with Crippen LogP contribution in [0.4, 0.5) is 0 Å². The van der Waals surface area contributed by atoms with Crippen LogP contribution in [-0.4, -0.2) is 11.1 Å². The predicted octanol–water partition coefficient (Wildman–Crippen LogP) is 2.44. The van der Waals surface area contributed by atoms with Gasteiger partial charge in [0.15, 0.2) is 0 Å². The van der Waals surface area contributed by atoms with E-state index in [0.717, 1.165) is 11.1 Å². The van der Waals surface area contributed by atoms with Crippen molar-refractivity contribution in [2.45, 2.75) is 26.2 Å². The summed E-state index contributed by atoms with van der Waals surface area (Å²) in [7, 11) is 0. The van der Waals surface area contributed by atoms with Gasteiger partial charge in [0.2, 0.25) is 0 Å². The van der Waals surface area contributed by atoms with E-state index in [0.29, 0.717) is 12.0 Å². The molecule has 0 spiro atoms. The van der Waals surface area contributed by atoms with Gasteiger partial charge in [0.05, 0.1) is 17.6 Å². The van der Waals surface area contributed by atoms with Crippen molar-refractivity contribution >= 4 is 5.97 Å². The second-order valence-electron chi connectivity index (χ2n) is 3.48. The van der Waals surface area contributed by atoms with Gasteiger partial charge in [-0.25, -0.2) is 0 Å². The van der Waals surface area contributed by atoms with Crippen molar-refractivity contribution in [1.29, 1.82) is 5.26 Å². The Morgan fingerprint density at radius 2 is 2.27 bits per heavy atom. The van der Waals surface area contributed by atoms with Crippen LogP contribution in [0.3, 0.4) is 0 Å². The molecule has 78 valence electrons. The normalized spacial score (nSPS) is 11.8. The number of carboxylic acid groups (broad SMARTS) is 1. The van der Waals surface area contributed by atoms with E-state index in [-0.39, 0.29) is 0 Å². The zero-order valence-corrected chi connectivity index (χ0v) is 8.82. The molecular weight excluding hydrogens is 190 g/mol. The van der Waals surface area contributed by atoms with Crippen LogP contribution in [0.1, 0.15) is 36.0 Å². The highest BCUT2D eigenvalue weighted by atomic mass is 16.4. The highest BCUT2D eigenvalue weighted by Gasteiger charge is 2.19. The maximum absolute atomic E-state index is 11.0. The molecule has 0 aliphatic heterocycles. The molecule has 0 amide bonds. The number of benzene rings is 1. The summed E-state index contributed by atoms with van der Waals surface area (Å²) in [6.07, 6.45) is 0.558. The predicted molar refractivity (Wildman–Crippen MR) is 56.6 cm³/mol. The van der Waals surface area contributed by atoms with Crippen molar-refractivity contribution in [2.75, 3.05) is 0 Å². The van der Waals surface area contributed by atoms with Crippen molar-refractivity contribution in [3.63, 3.8) is 0 Å². The summed E-state index contributed by atoms with van der Waals surface area (Å²) in [5.41, 5.74) is 2.23. The van der Waals surface area contributed by atoms with Gasteiger partial charge in [0, 0.05) is 0 Å². The fraction of sp³-hybridized carbons (Fsp3) is 0.333. The van der Waals surface area contributed by atoms with Crippen LogP contribution < -0.4 is 0 Å². The smallest absolute Gasteiger partial charge is 0.310 e. The fourth-order valence-corrected chi connectivity index (χ4v) is 1.66. The number of aryl methyl sites for hydroxylation is 1. The summed E-state index contributed by atoms with van der Waals surface area (Å²) >= 11 is 0. The van der Waals surface area contributed by atoms with E-state index in [2.05, 4.69) is 0 Å². The van der Waals surface area contributed by atoms with E-state index in [1.807, 2.05) is 19.9 Å². The standard InChI is InChI=1S/C12H13NO2/c1-3-10(12(14)15)11-5-4-9(7-13)6-8(11)2/h4-6,10H,3H2,1-2H3,(H,14,15). The van der Waals surface area contributed by atoms with Gasteiger partial charge in [-0.3, -0.25) is 4.79 Å². The second-order valence-corrected chi connectivity index (χ2v) is 3.48. The molecule has 1 atom stereocenters. The molecule has 0 saturated heterocycles. The molecule has 1 unspecified atom stereocenters. The van der Waals surface area contributed by atoms with Crippen molar-refractivity contribution in [3.05, 3.63) is 34.9 Å². The van der Waals surface area contributed by atoms with Gasteiger partial charge < -0.3 is 5.11 Å². The van der Waals surface area contributed by atoms with Crippen LogP contribution in [0.5, 0.6) is 0 Å². The van der Waals surface area contributed by atoms with Crippen LogP contribution in [0.25, 0.3) is 0 Å². The first-order valence-corrected chi connectivity index (χ1v) is 4.83. The molecule has 0 saturated carbocycles. The number of carbonyl (C=O) groups is 1. The Hall–Kier alpha value is -1.82. The van der Waals surface area contributed by atoms with Gasteiger partial charge in [-0.1, -0.05) is 13.0 Å². The summed E-state index contributed by atoms with van der Waals surface area (Å²) in [5.74, 6) is -1.29. The van der Waals surface area contributed by atoms with Crippen LogP contribution >= 0.6 is 0 Å². The largest absolute Gasteiger partial charge is 0.481 e. The van der Waals surface area contributed by atoms with Gasteiger partial charge in [-0.05, 0) is 36.6 Å². The Kier molecular flexibility index (Phi) is 3.46. The van der Waals surface area contributed by atoms with Crippen LogP contribution in [0.2, 0.25) is 0 Å². The number of aliphatic carboxylic acids is 1. The monoisotopic (exact) mass is 203 g/mol. The van der Waals surface area contributed by atoms with Gasteiger partial charge in [0.25, 0.3) is 0 Å². The van der Waals surface area contributed by atoms with Crippen LogP contribution in [0, 0.1) is 18.3 Å². The molecule has 0 aliphatic rings. The molecule has 1 N–H and O–H groups in total. The highest BCUT2D eigenvalue weighted by Crippen LogP contribution is 2.23. The Bertz CT molecular complexity index is 418. The summed E-state index contributed by atoms with van der Waals surface area (Å²) in [5, 5.41) is 17.7. The first kappa shape index (κ1) is 11.3. The highest BCUT2D eigenvalue weighted by molar-refractivity contribution is 5.76. The molecule has 0 radical (unpaired) electrons. The van der Waals surface area contributed by atoms with Crippen molar-refractivity contribution in [2.24, 2.45) is 0 Å². The number of hydrogen-bond acceptors (Lipinski definition) is 2. The Labute approximate surface area is 89.0 Å². The third kappa shape index (κ3) is 2.35. The molecule has 3 heteroatoms. The number of rotatable bonds is 3. The lowest BCUT2D eigenvalue weighted by molar-refractivity contribution is -0.138. The number of hydrogen-bond donors (Lipinski definition) is 1. The average Bonchev–Trinajstić information content (AvgIpc) is 2.20. The van der Waals surface area contributed by atoms with Crippen molar-refractivity contribution in [3.8, 4) is 6.07 Å². The molecule has 1 aromatic rings. The maximum atomic E-state index is 11.0. The molecule has 0 fully saturated rings. The number of carboxylic acids is 1. The van der Waals surface area contributed by atoms with E-state index >= 15 is 0 Å². The van der Waals surface area contributed by atoms with E-state index in [1.54, 1.807) is 18.2 Å². The molecule has 15 heavy (non-hydrogen) atoms. The molecule has 1 aromatic carbocycles. The Balaban J connectivity index is 3.15. The van der Waals surface area contributed by atoms with Gasteiger partial charge in [-0.2, -0.15) is 5.26 Å². The molecule has 0 aliphatic carbocycles. The average molecular weight is 203 g/mol. The quantitative estimate of drug-likeness (QED) is 0.820. The lowest BCUT2D eigenvalue weighted by atomic mass is 9.92. The minimum absolute atomic E-state index is 0.474. The lowest BCUT2D eigenvalue weighted by Crippen LogP contribution is -2.11. The molecular formula is C12H13NO2. The van der Waals surface area contributed by atoms with Gasteiger partial charge >= 0.3 is 5.97 Å². The van der Waals surface area contributed by atoms with Crippen molar-refractivity contribution in [1.82, 2.24) is 0 Å². The number of nitrogens with zero attached hydrogens (tertiary/aromatic N) is 1. The van der Waals surface area contributed by atoms with E-state index in [1.165, 1.54) is 0 Å². The summed E-state index contributed by atoms with van der Waals surface area (Å²) in [6.45, 7) is 3.68. The third-order valence-corrected chi connectivity index (χ3v) is 2.48. The third-order valence-electron chi connectivity index (χ3n) is 2.48. The SMILES string of the molecule is CCC(C(=O)O)c1ccc(C#N)cc1C. The molecule has 0 heterocycles. The summed E-state index contributed by atoms with van der Waals surface area (Å²) < 4.78 is 0. The van der Waals surface area contributed by atoms with Crippen LogP contribution in [-0.2, 0) is 4.79 Å². The number of nitriles is 1. The minimum atomic E-state index is -0.815. The van der Waals surface area contributed by atoms with Crippen LogP contribution in [0.15, 0.2) is 18.2 Å². The van der Waals surface area contributed by atoms with E-state index < -0.39 is 11.9 Å². The molecule has 0 aromatic heterocycles. The zero-order valence-electron chi connectivity index (χ0n) is 8.82. The zero-order chi connectivity index (χ0) is 11.4. The molecule has 3 nitrogen and oxygen atoms in total. The topological polar surface area (TPSA) is 61.1 Å². The summed E-state index contributed by atoms with van der Waals surface area (Å²) in [4.78, 5) is 11.0. The van der Waals surface area contributed by atoms with Gasteiger partial charge in [-0.15, -0.1) is 0 Å². The first-order valence-electron chi connectivity index (χ1n) is 4.83. The van der Waals surface area contributed by atoms with Crippen molar-refractivity contribution < 1.29 is 9.90 Å². The minimum Gasteiger partial charge on any atom is -0.481 e. The Morgan fingerprint density at radius 1 is 1.60 bits per heavy atom. The fourth-order valence-electron chi connectivity index (χ4n) is 1.66. The maximum Gasteiger partial charge on any atom is 0.310 e. The van der Waals surface area contributed by atoms with E-state index in [4.69, 9.17) is 10.4 Å². The lowest BCUT2D eigenvalue weighted by Gasteiger charge is -2.13. The first-order chi connectivity index (χ1) is 7.10. The molecule has 0 bridgehead atoms. The van der Waals surface area contributed by atoms with E-state index in [9.17, 15) is 4.79 Å². The second kappa shape index (κ2) is 4.61.